The number of nitrogens with zero attached hydrogens (tertiary/aromatic N) is 2. The summed E-state index contributed by atoms with van der Waals surface area (Å²) < 4.78 is 0. The molecule has 0 radical (unpaired) electrons. The van der Waals surface area contributed by atoms with Crippen molar-refractivity contribution in [2.75, 3.05) is 25.0 Å². The number of benzene rings is 2. The lowest BCUT2D eigenvalue weighted by Crippen LogP contribution is -2.43. The van der Waals surface area contributed by atoms with E-state index in [0.717, 1.165) is 71.8 Å². The van der Waals surface area contributed by atoms with Gasteiger partial charge < -0.3 is 10.4 Å². The minimum atomic E-state index is -0.119. The van der Waals surface area contributed by atoms with Crippen molar-refractivity contribution in [3.8, 4) is 0 Å². The highest BCUT2D eigenvalue weighted by molar-refractivity contribution is 6.31. The molecule has 5 nitrogen and oxygen atoms in total. The van der Waals surface area contributed by atoms with E-state index >= 15 is 0 Å². The van der Waals surface area contributed by atoms with Gasteiger partial charge in [0.1, 0.15) is 0 Å². The van der Waals surface area contributed by atoms with Crippen LogP contribution >= 0.6 is 11.6 Å². The average Bonchev–Trinajstić information content (AvgIpc) is 2.76. The van der Waals surface area contributed by atoms with Crippen LogP contribution in [-0.2, 0) is 17.8 Å². The van der Waals surface area contributed by atoms with Crippen LogP contribution in [-0.4, -0.2) is 40.6 Å². The Labute approximate surface area is 188 Å². The monoisotopic (exact) mass is 437 g/mol. The summed E-state index contributed by atoms with van der Waals surface area (Å²) in [5.41, 5.74) is 3.66. The molecule has 0 unspecified atom stereocenters. The van der Waals surface area contributed by atoms with Crippen LogP contribution in [0.5, 0.6) is 0 Å². The van der Waals surface area contributed by atoms with Crippen molar-refractivity contribution < 1.29 is 9.90 Å². The third-order valence-electron chi connectivity index (χ3n) is 6.26. The summed E-state index contributed by atoms with van der Waals surface area (Å²) in [5, 5.41) is 14.8. The molecule has 1 aromatic heterocycles. The summed E-state index contributed by atoms with van der Waals surface area (Å²) in [7, 11) is 0. The van der Waals surface area contributed by atoms with Crippen molar-refractivity contribution in [3.63, 3.8) is 0 Å². The van der Waals surface area contributed by atoms with Gasteiger partial charge in [0.25, 0.3) is 0 Å². The highest BCUT2D eigenvalue weighted by Gasteiger charge is 2.34. The molecule has 1 saturated heterocycles. The van der Waals surface area contributed by atoms with Crippen molar-refractivity contribution in [3.05, 3.63) is 70.9 Å². The normalized spacial score (nSPS) is 16.4. The molecule has 4 rings (SSSR count). The zero-order valence-electron chi connectivity index (χ0n) is 17.8. The second-order valence-electron chi connectivity index (χ2n) is 8.56. The number of fused-ring (bicyclic) bond motifs is 1. The van der Waals surface area contributed by atoms with Crippen LogP contribution in [0.15, 0.2) is 54.6 Å². The first kappa shape index (κ1) is 21.8. The van der Waals surface area contributed by atoms with E-state index in [4.69, 9.17) is 16.6 Å². The highest BCUT2D eigenvalue weighted by atomic mass is 35.5. The SMILES string of the molecule is CC(=O)Nc1cccc2nc(CN3CCC(CO)(Cc4ccccc4Cl)CC3)ccc12. The van der Waals surface area contributed by atoms with Gasteiger partial charge in [-0.3, -0.25) is 14.7 Å². The van der Waals surface area contributed by atoms with E-state index in [1.807, 2.05) is 48.5 Å². The van der Waals surface area contributed by atoms with E-state index in [2.05, 4.69) is 16.3 Å². The number of hydrogen-bond acceptors (Lipinski definition) is 4. The molecule has 0 aliphatic carbocycles. The van der Waals surface area contributed by atoms with Crippen LogP contribution in [0.1, 0.15) is 31.0 Å². The number of aliphatic hydroxyl groups is 1. The lowest BCUT2D eigenvalue weighted by Gasteiger charge is -2.41. The maximum atomic E-state index is 11.4. The van der Waals surface area contributed by atoms with E-state index in [1.165, 1.54) is 6.92 Å². The van der Waals surface area contributed by atoms with E-state index in [0.29, 0.717) is 0 Å². The highest BCUT2D eigenvalue weighted by Crippen LogP contribution is 2.37. The molecule has 1 aliphatic heterocycles. The number of aromatic nitrogens is 1. The molecule has 3 aromatic rings. The van der Waals surface area contributed by atoms with Crippen molar-refractivity contribution in [1.29, 1.82) is 0 Å². The van der Waals surface area contributed by atoms with Crippen molar-refractivity contribution in [2.45, 2.75) is 32.7 Å². The van der Waals surface area contributed by atoms with Crippen LogP contribution < -0.4 is 5.32 Å². The van der Waals surface area contributed by atoms with Gasteiger partial charge in [-0.05, 0) is 73.7 Å². The number of aliphatic hydroxyl groups excluding tert-OH is 1. The van der Waals surface area contributed by atoms with E-state index < -0.39 is 0 Å². The molecule has 1 amide bonds. The summed E-state index contributed by atoms with van der Waals surface area (Å²) in [6, 6.07) is 17.8. The predicted octanol–water partition coefficient (Wildman–Crippen LogP) is 4.66. The van der Waals surface area contributed by atoms with Gasteiger partial charge in [-0.1, -0.05) is 35.9 Å². The number of carbonyl (C=O) groups excluding carboxylic acids is 1. The Morgan fingerprint density at radius 2 is 1.90 bits per heavy atom. The Morgan fingerprint density at radius 1 is 1.13 bits per heavy atom. The first-order chi connectivity index (χ1) is 15.0. The van der Waals surface area contributed by atoms with E-state index in [1.54, 1.807) is 0 Å². The molecule has 1 aliphatic rings. The van der Waals surface area contributed by atoms with Gasteiger partial charge in [0.15, 0.2) is 0 Å². The molecular formula is C25H28ClN3O2. The standard InChI is InChI=1S/C25H28ClN3O2/c1-18(31)27-23-7-4-8-24-21(23)10-9-20(28-24)16-29-13-11-25(17-30,12-14-29)15-19-5-2-3-6-22(19)26/h2-10,30H,11-17H2,1H3,(H,27,31). The van der Waals surface area contributed by atoms with Crippen molar-refractivity contribution in [2.24, 2.45) is 5.41 Å². The first-order valence-electron chi connectivity index (χ1n) is 10.7. The molecule has 0 bridgehead atoms. The van der Waals surface area contributed by atoms with Crippen molar-refractivity contribution in [1.82, 2.24) is 9.88 Å². The lowest BCUT2D eigenvalue weighted by molar-refractivity contribution is -0.114. The van der Waals surface area contributed by atoms with Gasteiger partial charge in [0, 0.05) is 30.5 Å². The van der Waals surface area contributed by atoms with Gasteiger partial charge in [0.05, 0.1) is 16.9 Å². The third kappa shape index (κ3) is 5.06. The predicted molar refractivity (Wildman–Crippen MR) is 125 cm³/mol. The van der Waals surface area contributed by atoms with Gasteiger partial charge in [-0.2, -0.15) is 0 Å². The molecule has 0 atom stereocenters. The number of amides is 1. The van der Waals surface area contributed by atoms with Gasteiger partial charge in [0.2, 0.25) is 5.91 Å². The number of likely N-dealkylation sites (tertiary alicyclic amines) is 1. The summed E-state index contributed by atoms with van der Waals surface area (Å²) in [6.45, 7) is 4.28. The number of halogens is 1. The Bertz CT molecular complexity index is 1080. The number of pyridine rings is 1. The fraction of sp³-hybridized carbons (Fsp3) is 0.360. The number of anilines is 1. The number of piperidine rings is 1. The maximum absolute atomic E-state index is 11.4. The Hall–Kier alpha value is -2.47. The lowest BCUT2D eigenvalue weighted by atomic mass is 9.74. The average molecular weight is 438 g/mol. The van der Waals surface area contributed by atoms with E-state index in [9.17, 15) is 9.90 Å². The van der Waals surface area contributed by atoms with Crippen LogP contribution in [0.4, 0.5) is 5.69 Å². The summed E-state index contributed by atoms with van der Waals surface area (Å²) in [4.78, 5) is 18.6. The molecule has 2 N–H and O–H groups in total. The summed E-state index contributed by atoms with van der Waals surface area (Å²) >= 11 is 6.36. The Kier molecular flexibility index (Phi) is 6.56. The zero-order valence-corrected chi connectivity index (χ0v) is 18.5. The van der Waals surface area contributed by atoms with Crippen molar-refractivity contribution >= 4 is 34.1 Å². The van der Waals surface area contributed by atoms with Crippen LogP contribution in [0.2, 0.25) is 5.02 Å². The maximum Gasteiger partial charge on any atom is 0.221 e. The smallest absolute Gasteiger partial charge is 0.221 e. The number of nitrogens with one attached hydrogen (secondary N) is 1. The minimum absolute atomic E-state index is 0.0888. The molecule has 1 fully saturated rings. The third-order valence-corrected chi connectivity index (χ3v) is 6.63. The van der Waals surface area contributed by atoms with Gasteiger partial charge in [-0.25, -0.2) is 0 Å². The molecule has 6 heteroatoms. The molecule has 31 heavy (non-hydrogen) atoms. The molecule has 162 valence electrons. The first-order valence-corrected chi connectivity index (χ1v) is 11.1. The minimum Gasteiger partial charge on any atom is -0.396 e. The number of carbonyl (C=O) groups is 1. The molecule has 2 aromatic carbocycles. The fourth-order valence-electron chi connectivity index (χ4n) is 4.44. The quantitative estimate of drug-likeness (QED) is 0.588. The molecule has 0 spiro atoms. The van der Waals surface area contributed by atoms with Crippen LogP contribution in [0.25, 0.3) is 10.9 Å². The van der Waals surface area contributed by atoms with Gasteiger partial charge >= 0.3 is 0 Å². The topological polar surface area (TPSA) is 65.5 Å². The van der Waals surface area contributed by atoms with E-state index in [-0.39, 0.29) is 17.9 Å². The van der Waals surface area contributed by atoms with Gasteiger partial charge in [-0.15, -0.1) is 0 Å². The largest absolute Gasteiger partial charge is 0.396 e. The summed E-state index contributed by atoms with van der Waals surface area (Å²) in [5.74, 6) is -0.0888. The Balaban J connectivity index is 1.43. The fourth-order valence-corrected chi connectivity index (χ4v) is 4.64. The Morgan fingerprint density at radius 3 is 2.61 bits per heavy atom. The second kappa shape index (κ2) is 9.35. The number of hydrogen-bond donors (Lipinski definition) is 2. The van der Waals surface area contributed by atoms with Crippen LogP contribution in [0.3, 0.4) is 0 Å². The molecular weight excluding hydrogens is 410 g/mol. The van der Waals surface area contributed by atoms with Crippen LogP contribution in [0, 0.1) is 5.41 Å². The summed E-state index contributed by atoms with van der Waals surface area (Å²) in [6.07, 6.45) is 2.65. The molecule has 2 heterocycles. The second-order valence-corrected chi connectivity index (χ2v) is 8.97. The number of rotatable bonds is 6. The zero-order chi connectivity index (χ0) is 21.8. The molecule has 0 saturated carbocycles.